The molecule has 1 aromatic heterocycles. The molecule has 2 atom stereocenters. The molecule has 5 rings (SSSR count). The summed E-state index contributed by atoms with van der Waals surface area (Å²) in [7, 11) is 1.97. The van der Waals surface area contributed by atoms with Crippen LogP contribution in [0, 0.1) is 17.7 Å². The maximum Gasteiger partial charge on any atom is 0.141 e. The third-order valence-electron chi connectivity index (χ3n) is 6.98. The highest BCUT2D eigenvalue weighted by Crippen LogP contribution is 2.48. The SMILES string of the molecule is Cn1ccnc1C1(O)[C@H]2CCC[C@H]1CN(Cc1cccc(-c3cccc(F)c3)c1)C2. The van der Waals surface area contributed by atoms with E-state index in [0.717, 1.165) is 49.4 Å². The molecule has 2 heterocycles. The summed E-state index contributed by atoms with van der Waals surface area (Å²) in [6.07, 6.45) is 6.94. The van der Waals surface area contributed by atoms with Crippen molar-refractivity contribution in [3.63, 3.8) is 0 Å². The van der Waals surface area contributed by atoms with E-state index < -0.39 is 5.60 Å². The van der Waals surface area contributed by atoms with E-state index in [0.29, 0.717) is 0 Å². The van der Waals surface area contributed by atoms with Gasteiger partial charge in [-0.25, -0.2) is 9.37 Å². The van der Waals surface area contributed by atoms with E-state index in [1.165, 1.54) is 18.1 Å². The molecule has 1 saturated carbocycles. The Morgan fingerprint density at radius 3 is 2.43 bits per heavy atom. The smallest absolute Gasteiger partial charge is 0.141 e. The van der Waals surface area contributed by atoms with Crippen molar-refractivity contribution in [2.75, 3.05) is 13.1 Å². The minimum Gasteiger partial charge on any atom is -0.381 e. The van der Waals surface area contributed by atoms with Gasteiger partial charge < -0.3 is 9.67 Å². The van der Waals surface area contributed by atoms with E-state index in [2.05, 4.69) is 22.0 Å². The maximum atomic E-state index is 13.6. The summed E-state index contributed by atoms with van der Waals surface area (Å²) in [4.78, 5) is 6.99. The van der Waals surface area contributed by atoms with Gasteiger partial charge in [0.1, 0.15) is 17.2 Å². The molecule has 2 aromatic carbocycles. The average Bonchev–Trinajstić information content (AvgIpc) is 3.16. The van der Waals surface area contributed by atoms with Crippen LogP contribution in [-0.4, -0.2) is 32.6 Å². The standard InChI is InChI=1S/C25H28FN3O/c1-28-12-11-27-24(28)25(30)21-8-4-9-22(25)17-29(16-21)15-18-5-2-6-19(13-18)20-7-3-10-23(26)14-20/h2-3,5-7,10-14,21-22,30H,4,8-9,15-17H2,1H3/t21-,22-/m0/s1. The van der Waals surface area contributed by atoms with Crippen molar-refractivity contribution in [1.82, 2.24) is 14.5 Å². The van der Waals surface area contributed by atoms with Crippen LogP contribution in [0.3, 0.4) is 0 Å². The summed E-state index contributed by atoms with van der Waals surface area (Å²) in [5, 5.41) is 11.7. The van der Waals surface area contributed by atoms with Crippen LogP contribution < -0.4 is 0 Å². The molecule has 0 unspecified atom stereocenters. The molecule has 3 aromatic rings. The van der Waals surface area contributed by atoms with Gasteiger partial charge in [-0.05, 0) is 47.7 Å². The van der Waals surface area contributed by atoms with Gasteiger partial charge in [0.15, 0.2) is 0 Å². The van der Waals surface area contributed by atoms with Gasteiger partial charge in [0.2, 0.25) is 0 Å². The molecule has 1 saturated heterocycles. The van der Waals surface area contributed by atoms with Crippen LogP contribution in [0.5, 0.6) is 0 Å². The van der Waals surface area contributed by atoms with Crippen molar-refractivity contribution in [2.24, 2.45) is 18.9 Å². The maximum absolute atomic E-state index is 13.6. The Morgan fingerprint density at radius 2 is 1.77 bits per heavy atom. The van der Waals surface area contributed by atoms with Crippen molar-refractivity contribution >= 4 is 0 Å². The van der Waals surface area contributed by atoms with E-state index in [9.17, 15) is 9.50 Å². The minimum atomic E-state index is -0.837. The number of fused-ring (bicyclic) bond motifs is 2. The summed E-state index contributed by atoms with van der Waals surface area (Å²) < 4.78 is 15.6. The second kappa shape index (κ2) is 7.64. The zero-order valence-corrected chi connectivity index (χ0v) is 17.3. The first-order valence-corrected chi connectivity index (χ1v) is 10.8. The molecule has 2 aliphatic rings. The highest BCUT2D eigenvalue weighted by Gasteiger charge is 2.53. The molecule has 1 N–H and O–H groups in total. The van der Waals surface area contributed by atoms with Crippen LogP contribution >= 0.6 is 0 Å². The number of hydrogen-bond acceptors (Lipinski definition) is 3. The first kappa shape index (κ1) is 19.5. The normalized spacial score (nSPS) is 26.6. The molecule has 1 aliphatic carbocycles. The number of hydrogen-bond donors (Lipinski definition) is 1. The lowest BCUT2D eigenvalue weighted by Gasteiger charge is -2.52. The number of nitrogens with zero attached hydrogens (tertiary/aromatic N) is 3. The fourth-order valence-corrected chi connectivity index (χ4v) is 5.56. The Morgan fingerprint density at radius 1 is 1.07 bits per heavy atom. The highest BCUT2D eigenvalue weighted by molar-refractivity contribution is 5.64. The zero-order chi connectivity index (χ0) is 20.7. The Balaban J connectivity index is 1.37. The van der Waals surface area contributed by atoms with Gasteiger partial charge in [-0.2, -0.15) is 0 Å². The predicted octanol–water partition coefficient (Wildman–Crippen LogP) is 4.35. The number of imidazole rings is 1. The lowest BCUT2D eigenvalue weighted by Crippen LogP contribution is -2.58. The first-order chi connectivity index (χ1) is 14.5. The van der Waals surface area contributed by atoms with Crippen LogP contribution in [-0.2, 0) is 19.2 Å². The van der Waals surface area contributed by atoms with Crippen LogP contribution in [0.25, 0.3) is 11.1 Å². The van der Waals surface area contributed by atoms with Crippen molar-refractivity contribution in [1.29, 1.82) is 0 Å². The van der Waals surface area contributed by atoms with Gasteiger partial charge in [-0.15, -0.1) is 0 Å². The molecule has 0 spiro atoms. The lowest BCUT2D eigenvalue weighted by molar-refractivity contribution is -0.155. The number of benzene rings is 2. The van der Waals surface area contributed by atoms with Crippen molar-refractivity contribution in [3.05, 3.63) is 78.1 Å². The molecule has 0 radical (unpaired) electrons. The van der Waals surface area contributed by atoms with Crippen LogP contribution in [0.1, 0.15) is 30.7 Å². The van der Waals surface area contributed by atoms with E-state index in [-0.39, 0.29) is 17.7 Å². The minimum absolute atomic E-state index is 0.192. The third kappa shape index (κ3) is 3.36. The third-order valence-corrected chi connectivity index (χ3v) is 6.98. The largest absolute Gasteiger partial charge is 0.381 e. The summed E-state index contributed by atoms with van der Waals surface area (Å²) in [6, 6.07) is 15.1. The van der Waals surface area contributed by atoms with Crippen molar-refractivity contribution in [2.45, 2.75) is 31.4 Å². The molecule has 0 amide bonds. The molecule has 156 valence electrons. The summed E-state index contributed by atoms with van der Waals surface area (Å²) >= 11 is 0. The Bertz CT molecular complexity index is 1030. The fourth-order valence-electron chi connectivity index (χ4n) is 5.56. The van der Waals surface area contributed by atoms with Crippen LogP contribution in [0.15, 0.2) is 60.9 Å². The number of piperidine rings is 1. The quantitative estimate of drug-likeness (QED) is 0.702. The van der Waals surface area contributed by atoms with Gasteiger partial charge in [0, 0.05) is 50.9 Å². The molecule has 2 fully saturated rings. The Labute approximate surface area is 177 Å². The number of aliphatic hydroxyl groups is 1. The number of aromatic nitrogens is 2. The molecular formula is C25H28FN3O. The van der Waals surface area contributed by atoms with Gasteiger partial charge in [-0.1, -0.05) is 36.8 Å². The van der Waals surface area contributed by atoms with Crippen LogP contribution in [0.4, 0.5) is 4.39 Å². The highest BCUT2D eigenvalue weighted by atomic mass is 19.1. The molecule has 4 nitrogen and oxygen atoms in total. The predicted molar refractivity (Wildman–Crippen MR) is 115 cm³/mol. The second-order valence-corrected chi connectivity index (χ2v) is 8.92. The molecule has 2 bridgehead atoms. The first-order valence-electron chi connectivity index (χ1n) is 10.8. The van der Waals surface area contributed by atoms with Gasteiger partial charge in [0.25, 0.3) is 0 Å². The van der Waals surface area contributed by atoms with Crippen LogP contribution in [0.2, 0.25) is 0 Å². The average molecular weight is 406 g/mol. The van der Waals surface area contributed by atoms with Gasteiger partial charge in [-0.3, -0.25) is 4.90 Å². The summed E-state index contributed by atoms with van der Waals surface area (Å²) in [6.45, 7) is 2.57. The van der Waals surface area contributed by atoms with E-state index in [4.69, 9.17) is 0 Å². The van der Waals surface area contributed by atoms with E-state index in [1.807, 2.05) is 36.0 Å². The Hall–Kier alpha value is -2.50. The van der Waals surface area contributed by atoms with Gasteiger partial charge >= 0.3 is 0 Å². The monoisotopic (exact) mass is 405 g/mol. The number of halogens is 1. The molecule has 30 heavy (non-hydrogen) atoms. The van der Waals surface area contributed by atoms with Crippen molar-refractivity contribution < 1.29 is 9.50 Å². The van der Waals surface area contributed by atoms with Crippen molar-refractivity contribution in [3.8, 4) is 11.1 Å². The molecular weight excluding hydrogens is 377 g/mol. The van der Waals surface area contributed by atoms with Gasteiger partial charge in [0.05, 0.1) is 0 Å². The van der Waals surface area contributed by atoms with E-state index >= 15 is 0 Å². The second-order valence-electron chi connectivity index (χ2n) is 8.92. The Kier molecular flexibility index (Phi) is 4.95. The molecule has 1 aliphatic heterocycles. The number of aryl methyl sites for hydroxylation is 1. The topological polar surface area (TPSA) is 41.3 Å². The number of likely N-dealkylation sites (tertiary alicyclic amines) is 1. The zero-order valence-electron chi connectivity index (χ0n) is 17.3. The fraction of sp³-hybridized carbons (Fsp3) is 0.400. The summed E-state index contributed by atoms with van der Waals surface area (Å²) in [5.74, 6) is 0.982. The summed E-state index contributed by atoms with van der Waals surface area (Å²) in [5.41, 5.74) is 2.32. The van der Waals surface area contributed by atoms with E-state index in [1.54, 1.807) is 18.3 Å². The number of rotatable bonds is 4. The lowest BCUT2D eigenvalue weighted by atomic mass is 9.65. The molecule has 5 heteroatoms.